The minimum absolute atomic E-state index is 0.0283. The highest BCUT2D eigenvalue weighted by atomic mass is 16.5. The van der Waals surface area contributed by atoms with Crippen molar-refractivity contribution in [2.75, 3.05) is 7.11 Å². The lowest BCUT2D eigenvalue weighted by Gasteiger charge is -2.24. The number of aromatic nitrogens is 1. The van der Waals surface area contributed by atoms with E-state index in [0.29, 0.717) is 34.4 Å². The average Bonchev–Trinajstić information content (AvgIpc) is 3.13. The van der Waals surface area contributed by atoms with Gasteiger partial charge in [-0.05, 0) is 43.5 Å². The fourth-order valence-electron chi connectivity index (χ4n) is 3.37. The summed E-state index contributed by atoms with van der Waals surface area (Å²) in [6.07, 6.45) is 3.19. The van der Waals surface area contributed by atoms with Crippen LogP contribution in [0.1, 0.15) is 52.6 Å². The van der Waals surface area contributed by atoms with Crippen molar-refractivity contribution in [2.45, 2.75) is 38.6 Å². The van der Waals surface area contributed by atoms with E-state index in [1.54, 1.807) is 26.2 Å². The minimum atomic E-state index is -0.598. The number of hydrogen-bond acceptors (Lipinski definition) is 6. The summed E-state index contributed by atoms with van der Waals surface area (Å²) in [6.45, 7) is 1.86. The SMILES string of the molecule is COc1cccc(-c2cc(CNC(=O)c3c(C)cc(C4CCC4)oc3=O)on2)c1. The van der Waals surface area contributed by atoms with Crippen LogP contribution >= 0.6 is 0 Å². The van der Waals surface area contributed by atoms with Crippen LogP contribution in [-0.4, -0.2) is 18.2 Å². The second kappa shape index (κ2) is 7.95. The Balaban J connectivity index is 1.45. The van der Waals surface area contributed by atoms with Gasteiger partial charge in [0.25, 0.3) is 5.91 Å². The lowest BCUT2D eigenvalue weighted by Crippen LogP contribution is -2.29. The number of ether oxygens (including phenoxy) is 1. The molecule has 1 saturated carbocycles. The third kappa shape index (κ3) is 3.94. The van der Waals surface area contributed by atoms with Crippen LogP contribution < -0.4 is 15.7 Å². The average molecular weight is 394 g/mol. The van der Waals surface area contributed by atoms with E-state index in [1.807, 2.05) is 24.3 Å². The molecule has 2 heterocycles. The minimum Gasteiger partial charge on any atom is -0.497 e. The highest BCUT2D eigenvalue weighted by molar-refractivity contribution is 5.95. The summed E-state index contributed by atoms with van der Waals surface area (Å²) in [7, 11) is 1.60. The van der Waals surface area contributed by atoms with Crippen molar-refractivity contribution in [1.82, 2.24) is 10.5 Å². The largest absolute Gasteiger partial charge is 0.497 e. The van der Waals surface area contributed by atoms with Gasteiger partial charge in [0.1, 0.15) is 22.8 Å². The van der Waals surface area contributed by atoms with Crippen LogP contribution in [-0.2, 0) is 6.54 Å². The molecule has 150 valence electrons. The van der Waals surface area contributed by atoms with Gasteiger partial charge in [0.2, 0.25) is 0 Å². The van der Waals surface area contributed by atoms with Crippen molar-refractivity contribution in [2.24, 2.45) is 0 Å². The summed E-state index contributed by atoms with van der Waals surface area (Å²) in [6, 6.07) is 11.0. The van der Waals surface area contributed by atoms with Gasteiger partial charge in [-0.3, -0.25) is 4.79 Å². The van der Waals surface area contributed by atoms with Gasteiger partial charge in [0, 0.05) is 17.5 Å². The standard InChI is InChI=1S/C22H22N2O5/c1-13-9-19(14-5-3-6-14)28-22(26)20(13)21(25)23-12-17-11-18(24-29-17)15-7-4-8-16(10-15)27-2/h4,7-11,14H,3,5-6,12H2,1-2H3,(H,23,25). The Hall–Kier alpha value is -3.35. The van der Waals surface area contributed by atoms with E-state index in [4.69, 9.17) is 13.7 Å². The number of carbonyl (C=O) groups excluding carboxylic acids is 1. The zero-order valence-corrected chi connectivity index (χ0v) is 16.4. The van der Waals surface area contributed by atoms with E-state index in [2.05, 4.69) is 10.5 Å². The van der Waals surface area contributed by atoms with Crippen molar-refractivity contribution in [3.63, 3.8) is 0 Å². The summed E-state index contributed by atoms with van der Waals surface area (Å²) in [5.41, 5.74) is 1.53. The molecular formula is C22H22N2O5. The molecule has 0 spiro atoms. The first-order valence-electron chi connectivity index (χ1n) is 9.58. The summed E-state index contributed by atoms with van der Waals surface area (Å²) >= 11 is 0. The molecule has 1 aliphatic rings. The first-order chi connectivity index (χ1) is 14.0. The van der Waals surface area contributed by atoms with E-state index in [-0.39, 0.29) is 12.1 Å². The van der Waals surface area contributed by atoms with Crippen molar-refractivity contribution < 1.29 is 18.5 Å². The molecule has 0 radical (unpaired) electrons. The highest BCUT2D eigenvalue weighted by Gasteiger charge is 2.25. The second-order valence-electron chi connectivity index (χ2n) is 7.22. The normalized spacial score (nSPS) is 13.7. The number of nitrogens with zero attached hydrogens (tertiary/aromatic N) is 1. The maximum Gasteiger partial charge on any atom is 0.349 e. The molecule has 1 N–H and O–H groups in total. The van der Waals surface area contributed by atoms with Crippen LogP contribution in [0.25, 0.3) is 11.3 Å². The van der Waals surface area contributed by atoms with Gasteiger partial charge in [-0.25, -0.2) is 4.79 Å². The first-order valence-corrected chi connectivity index (χ1v) is 9.58. The molecule has 1 amide bonds. The van der Waals surface area contributed by atoms with Gasteiger partial charge in [0.05, 0.1) is 13.7 Å². The molecule has 0 bridgehead atoms. The van der Waals surface area contributed by atoms with Crippen LogP contribution in [0.2, 0.25) is 0 Å². The van der Waals surface area contributed by atoms with Gasteiger partial charge >= 0.3 is 5.63 Å². The third-order valence-corrected chi connectivity index (χ3v) is 5.25. The monoisotopic (exact) mass is 394 g/mol. The van der Waals surface area contributed by atoms with Gasteiger partial charge < -0.3 is 19.0 Å². The molecule has 0 unspecified atom stereocenters. The molecule has 7 heteroatoms. The lowest BCUT2D eigenvalue weighted by molar-refractivity contribution is 0.0941. The van der Waals surface area contributed by atoms with Gasteiger partial charge in [-0.1, -0.05) is 23.7 Å². The van der Waals surface area contributed by atoms with Crippen molar-refractivity contribution in [3.8, 4) is 17.0 Å². The predicted molar refractivity (Wildman–Crippen MR) is 106 cm³/mol. The molecular weight excluding hydrogens is 372 g/mol. The maximum absolute atomic E-state index is 12.5. The summed E-state index contributed by atoms with van der Waals surface area (Å²) in [4.78, 5) is 24.9. The number of hydrogen-bond donors (Lipinski definition) is 1. The number of methoxy groups -OCH3 is 1. The summed E-state index contributed by atoms with van der Waals surface area (Å²) in [5, 5.41) is 6.74. The third-order valence-electron chi connectivity index (χ3n) is 5.25. The number of benzene rings is 1. The Morgan fingerprint density at radius 1 is 1.28 bits per heavy atom. The predicted octanol–water partition coefficient (Wildman–Crippen LogP) is 3.81. The van der Waals surface area contributed by atoms with Crippen molar-refractivity contribution in [1.29, 1.82) is 0 Å². The van der Waals surface area contributed by atoms with Crippen molar-refractivity contribution in [3.05, 3.63) is 69.5 Å². The highest BCUT2D eigenvalue weighted by Crippen LogP contribution is 2.36. The maximum atomic E-state index is 12.5. The van der Waals surface area contributed by atoms with E-state index in [9.17, 15) is 9.59 Å². The fraction of sp³-hybridized carbons (Fsp3) is 0.318. The molecule has 7 nitrogen and oxygen atoms in total. The lowest BCUT2D eigenvalue weighted by atomic mass is 9.83. The van der Waals surface area contributed by atoms with Gasteiger partial charge in [-0.15, -0.1) is 0 Å². The fourth-order valence-corrected chi connectivity index (χ4v) is 3.37. The molecule has 0 atom stereocenters. The molecule has 1 aromatic carbocycles. The number of carbonyl (C=O) groups is 1. The molecule has 0 saturated heterocycles. The Morgan fingerprint density at radius 2 is 2.10 bits per heavy atom. The van der Waals surface area contributed by atoms with Crippen LogP contribution in [0.3, 0.4) is 0 Å². The van der Waals surface area contributed by atoms with E-state index < -0.39 is 11.5 Å². The Morgan fingerprint density at radius 3 is 2.79 bits per heavy atom. The number of nitrogens with one attached hydrogen (secondary N) is 1. The molecule has 0 aliphatic heterocycles. The zero-order valence-electron chi connectivity index (χ0n) is 16.4. The zero-order chi connectivity index (χ0) is 20.4. The van der Waals surface area contributed by atoms with E-state index >= 15 is 0 Å². The molecule has 2 aromatic heterocycles. The Kier molecular flexibility index (Phi) is 5.20. The molecule has 1 aliphatic carbocycles. The smallest absolute Gasteiger partial charge is 0.349 e. The van der Waals surface area contributed by atoms with Crippen LogP contribution in [0.5, 0.6) is 5.75 Å². The van der Waals surface area contributed by atoms with Crippen LogP contribution in [0, 0.1) is 6.92 Å². The van der Waals surface area contributed by atoms with E-state index in [0.717, 1.165) is 24.8 Å². The topological polar surface area (TPSA) is 94.6 Å². The molecule has 29 heavy (non-hydrogen) atoms. The quantitative estimate of drug-likeness (QED) is 0.683. The van der Waals surface area contributed by atoms with Gasteiger partial charge in [0.15, 0.2) is 5.76 Å². The number of aryl methyl sites for hydroxylation is 1. The van der Waals surface area contributed by atoms with Gasteiger partial charge in [-0.2, -0.15) is 0 Å². The molecule has 1 fully saturated rings. The Bertz CT molecular complexity index is 1090. The molecule has 4 rings (SSSR count). The first kappa shape index (κ1) is 19.0. The summed E-state index contributed by atoms with van der Waals surface area (Å²) < 4.78 is 15.9. The number of rotatable bonds is 6. The molecule has 3 aromatic rings. The second-order valence-corrected chi connectivity index (χ2v) is 7.22. The van der Waals surface area contributed by atoms with E-state index in [1.165, 1.54) is 0 Å². The van der Waals surface area contributed by atoms with Crippen molar-refractivity contribution >= 4 is 5.91 Å². The van der Waals surface area contributed by atoms with Crippen LogP contribution in [0.4, 0.5) is 0 Å². The summed E-state index contributed by atoms with van der Waals surface area (Å²) in [5.74, 6) is 1.67. The van der Waals surface area contributed by atoms with Crippen LogP contribution in [0.15, 0.2) is 50.1 Å². The Labute approximate surface area is 167 Å². The number of amides is 1.